The summed E-state index contributed by atoms with van der Waals surface area (Å²) in [5, 5.41) is 56.0. The zero-order chi connectivity index (χ0) is 105. The number of carbonyl (C=O) groups excluding carboxylic acids is 3. The predicted molar refractivity (Wildman–Crippen MR) is 622 cm³/mol. The fraction of sp³-hybridized carbons (Fsp3) is 0.409. The van der Waals surface area contributed by atoms with Gasteiger partial charge in [-0.25, -0.2) is 0 Å². The van der Waals surface area contributed by atoms with Gasteiger partial charge in [0.25, 0.3) is 0 Å². The smallest absolute Gasteiger partial charge is 0.164 e. The van der Waals surface area contributed by atoms with Crippen LogP contribution < -0.4 is 10.4 Å². The molecule has 781 valence electrons. The number of benzene rings is 12. The van der Waals surface area contributed by atoms with Crippen LogP contribution in [-0.4, -0.2) is 63.8 Å². The summed E-state index contributed by atoms with van der Waals surface area (Å²) in [6.45, 7) is 61.9. The summed E-state index contributed by atoms with van der Waals surface area (Å²) in [4.78, 5) is 51.0. The number of carbonyl (C=O) groups is 3. The maximum Gasteiger partial charge on any atom is 0.164 e. The summed E-state index contributed by atoms with van der Waals surface area (Å²) in [6.07, 6.45) is 26.8. The van der Waals surface area contributed by atoms with Crippen molar-refractivity contribution in [1.29, 1.82) is 0 Å². The molecule has 0 unspecified atom stereocenters. The van der Waals surface area contributed by atoms with E-state index in [-0.39, 0.29) is 133 Å². The molecule has 0 aliphatic heterocycles. The van der Waals surface area contributed by atoms with Crippen LogP contribution in [0.25, 0.3) is 131 Å². The molecule has 3 heterocycles. The number of pyridine rings is 3. The second-order valence-electron chi connectivity index (χ2n) is 45.1. The molecule has 1 aliphatic rings. The molecule has 0 spiro atoms. The largest absolute Gasteiger partial charge is 0.512 e. The van der Waals surface area contributed by atoms with Crippen molar-refractivity contribution in [3.8, 4) is 33.8 Å². The average molecular weight is 2520 g/mol. The molecule has 12 aromatic carbocycles. The van der Waals surface area contributed by atoms with Gasteiger partial charge in [0.1, 0.15) is 17.3 Å². The van der Waals surface area contributed by atoms with Gasteiger partial charge in [-0.2, -0.15) is 0 Å². The Hall–Kier alpha value is -9.56. The first-order chi connectivity index (χ1) is 67.7. The Morgan fingerprint density at radius 2 is 0.651 bits per heavy atom. The summed E-state index contributed by atoms with van der Waals surface area (Å²) in [5.74, 6) is 1.55. The van der Waals surface area contributed by atoms with Crippen molar-refractivity contribution < 1.29 is 90.0 Å². The quantitative estimate of drug-likeness (QED) is 0.0150. The molecule has 3 aromatic heterocycles. The van der Waals surface area contributed by atoms with Gasteiger partial charge in [-0.3, -0.25) is 29.3 Å². The number of allylic oxidation sites excluding steroid dienone is 6. The summed E-state index contributed by atoms with van der Waals surface area (Å²) in [6, 6.07) is 84.1. The monoisotopic (exact) mass is 2520 g/mol. The maximum atomic E-state index is 12.2. The molecule has 3 radical (unpaired) electrons. The molecule has 9 nitrogen and oxygen atoms in total. The number of ketones is 3. The van der Waals surface area contributed by atoms with E-state index in [1.54, 1.807) is 0 Å². The first-order valence-corrected chi connectivity index (χ1v) is 60.3. The Labute approximate surface area is 918 Å². The standard InChI is InChI=1S/C31H28N.C30H30NSi.C26H22NSi.3C15H28O2.3Ir/c1-20-17-21(2)25-13-14-29-28(30(25)18-20)15-16-32-31(29)24-11-12-27-23(19-24)9-6-10-26(27)22-7-4-3-5-8-22;1-30(2,3)23-12-14-24-21(18-23)11-13-27-26(24)15-16-31-29(27)22-17-20-9-7-8-10-25(20)28(19-22)32(4,5)6;1-28(2,3)25-17-20(16-19-9-5-7-11-22(19)25)26-24-13-12-18-8-4-6-10-21(18)23(24)14-15-27-26;3*1-7-14(5,8-2)12(16)11-13(17)15(6,9-3)10-4;;;/h6,9-18,22H,3-5,7-8H2,1-2H3;7-16,18-19H,1-6H3;4-15,17H,1-3H3;3*11,16H,7-10H2,1-6H3;;;/q3*-1;;;;;;. The number of hydrogen-bond acceptors (Lipinski definition) is 9. The Morgan fingerprint density at radius 1 is 0.322 bits per heavy atom. The van der Waals surface area contributed by atoms with Crippen molar-refractivity contribution in [2.24, 2.45) is 32.5 Å². The second kappa shape index (κ2) is 51.8. The number of nitrogens with zero attached hydrogens (tertiary/aromatic N) is 3. The Morgan fingerprint density at radius 3 is 1.05 bits per heavy atom. The molecule has 0 saturated heterocycles. The molecule has 0 amide bonds. The first-order valence-electron chi connectivity index (χ1n) is 53.3. The zero-order valence-electron chi connectivity index (χ0n) is 93.0. The molecule has 1 saturated carbocycles. The third-order valence-corrected chi connectivity index (χ3v) is 37.2. The summed E-state index contributed by atoms with van der Waals surface area (Å²) < 4.78 is 0. The van der Waals surface area contributed by atoms with E-state index in [2.05, 4.69) is 292 Å². The van der Waals surface area contributed by atoms with E-state index >= 15 is 0 Å². The van der Waals surface area contributed by atoms with E-state index in [0.29, 0.717) is 5.92 Å². The minimum atomic E-state index is -1.55. The van der Waals surface area contributed by atoms with Crippen LogP contribution in [0.5, 0.6) is 0 Å². The molecule has 16 rings (SSSR count). The van der Waals surface area contributed by atoms with Crippen LogP contribution in [0.1, 0.15) is 283 Å². The van der Waals surface area contributed by atoms with Gasteiger partial charge in [0.15, 0.2) is 17.3 Å². The Bertz CT molecular complexity index is 7020. The van der Waals surface area contributed by atoms with Crippen LogP contribution in [0.3, 0.4) is 0 Å². The van der Waals surface area contributed by atoms with Crippen molar-refractivity contribution in [3.05, 3.63) is 295 Å². The maximum absolute atomic E-state index is 12.2. The van der Waals surface area contributed by atoms with E-state index in [4.69, 9.17) is 15.0 Å². The van der Waals surface area contributed by atoms with Crippen LogP contribution in [-0.2, 0) is 80.1 Å². The van der Waals surface area contributed by atoms with E-state index in [1.165, 1.54) is 180 Å². The number of aryl methyl sites for hydroxylation is 2. The number of fused-ring (bicyclic) bond motifs is 12. The number of hydrogen-bond donors (Lipinski definition) is 3. The zero-order valence-corrected chi connectivity index (χ0v) is 102. The summed E-state index contributed by atoms with van der Waals surface area (Å²) in [7, 11) is -3.07. The molecule has 0 bridgehead atoms. The molecule has 3 N–H and O–H groups in total. The van der Waals surface area contributed by atoms with Crippen molar-refractivity contribution in [1.82, 2.24) is 15.0 Å². The SMILES string of the molecule is CC(C)(C)c1ccc2c(ccc3c(-c4[c-]c5ccccc5c([Si](C)(C)C)c4)nccc32)c1.CCC(C)(CC)C(=O)C=C(O)C(C)(CC)CC.CCC(C)(CC)C(=O)C=C(O)C(C)(CC)CC.CCC(C)(CC)C(=O)C=C(O)C(C)(CC)CC.C[Si](C)(C)c1cc(-c2nccc3c2ccc2ccccc23)[c-]c2ccccc12.Cc1cc(C)c2ccc3c(-c4[c-]c5cccc(C6CCCCC6)c5cc4)nccc3c2c1.[Ir].[Ir].[Ir]. The van der Waals surface area contributed by atoms with Crippen molar-refractivity contribution in [2.75, 3.05) is 0 Å². The van der Waals surface area contributed by atoms with Crippen LogP contribution >= 0.6 is 0 Å². The van der Waals surface area contributed by atoms with E-state index < -0.39 is 16.1 Å². The fourth-order valence-electron chi connectivity index (χ4n) is 19.7. The second-order valence-corrected chi connectivity index (χ2v) is 55.2. The van der Waals surface area contributed by atoms with Gasteiger partial charge in [-0.05, 0) is 209 Å². The third-order valence-electron chi connectivity index (χ3n) is 33.1. The first kappa shape index (κ1) is 122. The number of aliphatic hydroxyl groups is 3. The van der Waals surface area contributed by atoms with Crippen LogP contribution in [0.4, 0.5) is 0 Å². The van der Waals surface area contributed by atoms with E-state index in [0.717, 1.165) is 111 Å². The van der Waals surface area contributed by atoms with E-state index in [1.807, 2.05) is 143 Å². The molecular formula is C132H164Ir3N3O6Si2-3. The van der Waals surface area contributed by atoms with Gasteiger partial charge < -0.3 is 15.3 Å². The van der Waals surface area contributed by atoms with Gasteiger partial charge in [0.05, 0.1) is 16.1 Å². The average Bonchev–Trinajstić information content (AvgIpc) is 0.761. The molecule has 15 aromatic rings. The fourth-order valence-corrected chi connectivity index (χ4v) is 22.9. The number of aromatic nitrogens is 3. The van der Waals surface area contributed by atoms with Gasteiger partial charge in [-0.1, -0.05) is 387 Å². The molecule has 0 atom stereocenters. The molecule has 1 fully saturated rings. The summed E-state index contributed by atoms with van der Waals surface area (Å²) in [5.41, 5.74) is 10.2. The van der Waals surface area contributed by atoms with Gasteiger partial charge in [-0.15, -0.1) is 87.2 Å². The minimum absolute atomic E-state index is 0. The van der Waals surface area contributed by atoms with Crippen molar-refractivity contribution in [3.63, 3.8) is 0 Å². The van der Waals surface area contributed by atoms with Crippen LogP contribution in [0.15, 0.2) is 254 Å². The van der Waals surface area contributed by atoms with E-state index in [9.17, 15) is 29.7 Å². The topological polar surface area (TPSA) is 151 Å². The van der Waals surface area contributed by atoms with Crippen LogP contribution in [0, 0.1) is 64.5 Å². The van der Waals surface area contributed by atoms with Crippen LogP contribution in [0.2, 0.25) is 39.3 Å². The van der Waals surface area contributed by atoms with Gasteiger partial charge in [0.2, 0.25) is 0 Å². The normalized spacial score (nSPS) is 13.3. The third kappa shape index (κ3) is 27.6. The molecule has 14 heteroatoms. The number of aliphatic hydroxyl groups excluding tert-OH is 3. The molecule has 1 aliphatic carbocycles. The van der Waals surface area contributed by atoms with Crippen molar-refractivity contribution >= 4 is 141 Å². The summed E-state index contributed by atoms with van der Waals surface area (Å²) >= 11 is 0. The predicted octanol–water partition coefficient (Wildman–Crippen LogP) is 37.0. The Kier molecular flexibility index (Phi) is 43.1. The van der Waals surface area contributed by atoms with Gasteiger partial charge >= 0.3 is 0 Å². The Balaban J connectivity index is 0.000000218. The molecular weight excluding hydrogens is 2360 g/mol. The van der Waals surface area contributed by atoms with Crippen molar-refractivity contribution in [2.45, 2.75) is 319 Å². The number of rotatable bonds is 27. The minimum Gasteiger partial charge on any atom is -0.512 e. The van der Waals surface area contributed by atoms with Gasteiger partial charge in [0, 0.05) is 147 Å². The molecule has 146 heavy (non-hydrogen) atoms.